The number of hydrogen-bond acceptors (Lipinski definition) is 2. The molecule has 0 heterocycles. The summed E-state index contributed by atoms with van der Waals surface area (Å²) in [7, 11) is 0. The van der Waals surface area contributed by atoms with Crippen LogP contribution in [0.25, 0.3) is 0 Å². The summed E-state index contributed by atoms with van der Waals surface area (Å²) in [6.07, 6.45) is 2.44. The third-order valence-electron chi connectivity index (χ3n) is 3.30. The first kappa shape index (κ1) is 15.0. The van der Waals surface area contributed by atoms with Crippen LogP contribution in [0, 0.1) is 11.6 Å². The van der Waals surface area contributed by atoms with Crippen LogP contribution < -0.4 is 5.32 Å². The van der Waals surface area contributed by atoms with E-state index in [2.05, 4.69) is 21.2 Å². The van der Waals surface area contributed by atoms with Crippen LogP contribution in [-0.4, -0.2) is 6.04 Å². The standard InChI is InChI=1S/C16H14BrF2NS/c17-11-2-1-10(9-20-13-4-5-13)15(7-11)21-16-8-12(18)3-6-14(16)19/h1-3,6-8,13,20H,4-5,9H2. The maximum atomic E-state index is 13.8. The van der Waals surface area contributed by atoms with Gasteiger partial charge in [0.05, 0.1) is 4.90 Å². The van der Waals surface area contributed by atoms with Crippen LogP contribution in [0.15, 0.2) is 50.7 Å². The Bertz CT molecular complexity index is 659. The predicted molar refractivity (Wildman–Crippen MR) is 84.5 cm³/mol. The Labute approximate surface area is 135 Å². The van der Waals surface area contributed by atoms with E-state index in [0.29, 0.717) is 10.9 Å². The Balaban J connectivity index is 1.85. The van der Waals surface area contributed by atoms with Gasteiger partial charge >= 0.3 is 0 Å². The Morgan fingerprint density at radius 1 is 1.10 bits per heavy atom. The fourth-order valence-corrected chi connectivity index (χ4v) is 3.53. The zero-order chi connectivity index (χ0) is 14.8. The van der Waals surface area contributed by atoms with Gasteiger partial charge in [-0.2, -0.15) is 0 Å². The minimum absolute atomic E-state index is 0.306. The number of rotatable bonds is 5. The van der Waals surface area contributed by atoms with Gasteiger partial charge in [-0.1, -0.05) is 33.8 Å². The summed E-state index contributed by atoms with van der Waals surface area (Å²) in [6, 6.07) is 10.1. The average Bonchev–Trinajstić information content (AvgIpc) is 3.26. The van der Waals surface area contributed by atoms with Crippen molar-refractivity contribution in [3.8, 4) is 0 Å². The number of benzene rings is 2. The van der Waals surface area contributed by atoms with Gasteiger partial charge in [-0.25, -0.2) is 8.78 Å². The highest BCUT2D eigenvalue weighted by atomic mass is 79.9. The summed E-state index contributed by atoms with van der Waals surface area (Å²) < 4.78 is 28.0. The molecule has 3 rings (SSSR count). The summed E-state index contributed by atoms with van der Waals surface area (Å²) >= 11 is 4.69. The first-order chi connectivity index (χ1) is 10.1. The van der Waals surface area contributed by atoms with Crippen molar-refractivity contribution < 1.29 is 8.78 Å². The molecule has 0 bridgehead atoms. The number of hydrogen-bond donors (Lipinski definition) is 1. The van der Waals surface area contributed by atoms with Gasteiger partial charge in [0.15, 0.2) is 0 Å². The molecule has 1 N–H and O–H groups in total. The largest absolute Gasteiger partial charge is 0.310 e. The Morgan fingerprint density at radius 2 is 1.90 bits per heavy atom. The van der Waals surface area contributed by atoms with Gasteiger partial charge in [-0.3, -0.25) is 0 Å². The van der Waals surface area contributed by atoms with Crippen LogP contribution in [0.2, 0.25) is 0 Å². The maximum absolute atomic E-state index is 13.8. The number of nitrogens with one attached hydrogen (secondary N) is 1. The summed E-state index contributed by atoms with van der Waals surface area (Å²) in [5, 5.41) is 3.45. The monoisotopic (exact) mass is 369 g/mol. The van der Waals surface area contributed by atoms with Crippen molar-refractivity contribution in [1.29, 1.82) is 0 Å². The summed E-state index contributed by atoms with van der Waals surface area (Å²) in [5.74, 6) is -0.825. The van der Waals surface area contributed by atoms with E-state index in [4.69, 9.17) is 0 Å². The first-order valence-electron chi connectivity index (χ1n) is 6.76. The van der Waals surface area contributed by atoms with Gasteiger partial charge in [-0.05, 0) is 48.7 Å². The molecule has 0 aromatic heterocycles. The van der Waals surface area contributed by atoms with E-state index in [9.17, 15) is 8.78 Å². The molecule has 1 fully saturated rings. The fraction of sp³-hybridized carbons (Fsp3) is 0.250. The highest BCUT2D eigenvalue weighted by Crippen LogP contribution is 2.35. The molecule has 1 nitrogen and oxygen atoms in total. The van der Waals surface area contributed by atoms with E-state index in [0.717, 1.165) is 33.6 Å². The highest BCUT2D eigenvalue weighted by Gasteiger charge is 2.20. The Hall–Kier alpha value is -0.910. The van der Waals surface area contributed by atoms with Gasteiger partial charge in [0.1, 0.15) is 11.6 Å². The lowest BCUT2D eigenvalue weighted by atomic mass is 10.2. The van der Waals surface area contributed by atoms with Crippen molar-refractivity contribution in [3.05, 3.63) is 58.1 Å². The van der Waals surface area contributed by atoms with Gasteiger partial charge in [0.25, 0.3) is 0 Å². The zero-order valence-electron chi connectivity index (χ0n) is 11.2. The van der Waals surface area contributed by atoms with Crippen molar-refractivity contribution in [2.45, 2.75) is 35.2 Å². The molecule has 0 aliphatic heterocycles. The number of halogens is 3. The normalized spacial score (nSPS) is 14.4. The molecule has 21 heavy (non-hydrogen) atoms. The van der Waals surface area contributed by atoms with Crippen LogP contribution in [0.1, 0.15) is 18.4 Å². The van der Waals surface area contributed by atoms with E-state index in [1.54, 1.807) is 0 Å². The smallest absolute Gasteiger partial charge is 0.137 e. The summed E-state index contributed by atoms with van der Waals surface area (Å²) in [4.78, 5) is 1.24. The van der Waals surface area contributed by atoms with Crippen molar-refractivity contribution >= 4 is 27.7 Å². The minimum Gasteiger partial charge on any atom is -0.310 e. The zero-order valence-corrected chi connectivity index (χ0v) is 13.6. The van der Waals surface area contributed by atoms with E-state index < -0.39 is 11.6 Å². The van der Waals surface area contributed by atoms with Crippen LogP contribution in [0.4, 0.5) is 8.78 Å². The first-order valence-corrected chi connectivity index (χ1v) is 8.37. The fourth-order valence-electron chi connectivity index (χ4n) is 1.99. The lowest BCUT2D eigenvalue weighted by Gasteiger charge is -2.11. The van der Waals surface area contributed by atoms with Gasteiger partial charge in [0.2, 0.25) is 0 Å². The molecule has 1 aliphatic rings. The van der Waals surface area contributed by atoms with E-state index in [-0.39, 0.29) is 0 Å². The second kappa shape index (κ2) is 6.46. The SMILES string of the molecule is Fc1ccc(F)c(Sc2cc(Br)ccc2CNC2CC2)c1. The molecule has 5 heteroatoms. The lowest BCUT2D eigenvalue weighted by Crippen LogP contribution is -2.15. The third kappa shape index (κ3) is 4.05. The van der Waals surface area contributed by atoms with Crippen LogP contribution in [0.5, 0.6) is 0 Å². The van der Waals surface area contributed by atoms with Crippen molar-refractivity contribution in [2.24, 2.45) is 0 Å². The topological polar surface area (TPSA) is 12.0 Å². The molecule has 2 aromatic carbocycles. The average molecular weight is 370 g/mol. The van der Waals surface area contributed by atoms with Gasteiger partial charge < -0.3 is 5.32 Å². The van der Waals surface area contributed by atoms with E-state index in [1.807, 2.05) is 18.2 Å². The Kier molecular flexibility index (Phi) is 4.62. The molecule has 0 atom stereocenters. The van der Waals surface area contributed by atoms with Crippen LogP contribution in [0.3, 0.4) is 0 Å². The van der Waals surface area contributed by atoms with Crippen molar-refractivity contribution in [2.75, 3.05) is 0 Å². The molecule has 0 radical (unpaired) electrons. The predicted octanol–water partition coefficient (Wildman–Crippen LogP) is 5.13. The van der Waals surface area contributed by atoms with Gasteiger partial charge in [0, 0.05) is 22.0 Å². The minimum atomic E-state index is -0.424. The lowest BCUT2D eigenvalue weighted by molar-refractivity contribution is 0.577. The molecule has 0 amide bonds. The quantitative estimate of drug-likeness (QED) is 0.783. The Morgan fingerprint density at radius 3 is 2.67 bits per heavy atom. The second-order valence-electron chi connectivity index (χ2n) is 5.08. The molecule has 2 aromatic rings. The van der Waals surface area contributed by atoms with Gasteiger partial charge in [-0.15, -0.1) is 0 Å². The molecule has 0 unspecified atom stereocenters. The van der Waals surface area contributed by atoms with E-state index >= 15 is 0 Å². The molecule has 1 aliphatic carbocycles. The highest BCUT2D eigenvalue weighted by molar-refractivity contribution is 9.10. The molecule has 0 saturated heterocycles. The maximum Gasteiger partial charge on any atom is 0.137 e. The van der Waals surface area contributed by atoms with E-state index in [1.165, 1.54) is 30.7 Å². The third-order valence-corrected chi connectivity index (χ3v) is 4.93. The molecule has 110 valence electrons. The molecule has 1 saturated carbocycles. The van der Waals surface area contributed by atoms with Crippen molar-refractivity contribution in [3.63, 3.8) is 0 Å². The van der Waals surface area contributed by atoms with Crippen LogP contribution in [-0.2, 0) is 6.54 Å². The molecular weight excluding hydrogens is 356 g/mol. The second-order valence-corrected chi connectivity index (χ2v) is 7.08. The molecular formula is C16H14BrF2NS. The molecule has 0 spiro atoms. The summed E-state index contributed by atoms with van der Waals surface area (Å²) in [5.41, 5.74) is 1.10. The summed E-state index contributed by atoms with van der Waals surface area (Å²) in [6.45, 7) is 0.747. The van der Waals surface area contributed by atoms with Crippen molar-refractivity contribution in [1.82, 2.24) is 5.32 Å². The van der Waals surface area contributed by atoms with Crippen LogP contribution >= 0.6 is 27.7 Å².